The van der Waals surface area contributed by atoms with Gasteiger partial charge in [-0.15, -0.1) is 0 Å². The molecule has 3 rings (SSSR count). The van der Waals surface area contributed by atoms with Crippen molar-refractivity contribution in [3.05, 3.63) is 66.1 Å². The molecule has 1 aromatic carbocycles. The highest BCUT2D eigenvalue weighted by atomic mass is 19.3. The van der Waals surface area contributed by atoms with Crippen molar-refractivity contribution in [1.29, 1.82) is 0 Å². The monoisotopic (exact) mass is 387 g/mol. The lowest BCUT2D eigenvalue weighted by Crippen LogP contribution is -2.18. The number of para-hydroxylation sites is 1. The van der Waals surface area contributed by atoms with Crippen molar-refractivity contribution in [3.8, 4) is 11.6 Å². The normalized spacial score (nSPS) is 10.7. The number of primary amides is 1. The Morgan fingerprint density at radius 3 is 2.61 bits per heavy atom. The summed E-state index contributed by atoms with van der Waals surface area (Å²) in [6, 6.07) is 9.17. The van der Waals surface area contributed by atoms with E-state index in [-0.39, 0.29) is 28.7 Å². The first-order valence-corrected chi connectivity index (χ1v) is 8.08. The number of rotatable bonds is 7. The van der Waals surface area contributed by atoms with E-state index in [1.165, 1.54) is 42.9 Å². The molecule has 2 aromatic heterocycles. The van der Waals surface area contributed by atoms with Crippen LogP contribution in [0.25, 0.3) is 0 Å². The fraction of sp³-hybridized carbons (Fsp3) is 0.111. The number of halogens is 2. The van der Waals surface area contributed by atoms with E-state index >= 15 is 0 Å². The number of carbonyl (C=O) groups excluding carboxylic acids is 2. The summed E-state index contributed by atoms with van der Waals surface area (Å²) in [6.45, 7) is -0.613. The molecular weight excluding hydrogens is 372 g/mol. The van der Waals surface area contributed by atoms with E-state index in [2.05, 4.69) is 15.3 Å². The van der Waals surface area contributed by atoms with Gasteiger partial charge in [-0.25, -0.2) is 18.7 Å². The molecule has 3 aromatic rings. The highest BCUT2D eigenvalue weighted by Gasteiger charge is 2.19. The van der Waals surface area contributed by atoms with Crippen molar-refractivity contribution >= 4 is 17.8 Å². The molecule has 144 valence electrons. The molecule has 0 fully saturated rings. The molecule has 0 radical (unpaired) electrons. The molecule has 0 aliphatic rings. The molecule has 0 aliphatic heterocycles. The summed E-state index contributed by atoms with van der Waals surface area (Å²) in [6.07, 6.45) is 1.41. The van der Waals surface area contributed by atoms with Gasteiger partial charge in [-0.1, -0.05) is 12.1 Å². The van der Waals surface area contributed by atoms with Gasteiger partial charge in [0.05, 0.1) is 12.1 Å². The molecule has 3 N–H and O–H groups in total. The lowest BCUT2D eigenvalue weighted by Gasteiger charge is -2.12. The predicted molar refractivity (Wildman–Crippen MR) is 95.5 cm³/mol. The zero-order valence-corrected chi connectivity index (χ0v) is 14.4. The second-order valence-electron chi connectivity index (χ2n) is 5.57. The smallest absolute Gasteiger partial charge is 0.263 e. The van der Waals surface area contributed by atoms with Gasteiger partial charge in [0, 0.05) is 18.6 Å². The number of anilines is 1. The lowest BCUT2D eigenvalue weighted by atomic mass is 10.2. The van der Waals surface area contributed by atoms with Crippen molar-refractivity contribution in [1.82, 2.24) is 14.5 Å². The topological polar surface area (TPSA) is 112 Å². The Labute approximate surface area is 158 Å². The van der Waals surface area contributed by atoms with Gasteiger partial charge >= 0.3 is 0 Å². The zero-order valence-electron chi connectivity index (χ0n) is 14.4. The Morgan fingerprint density at radius 2 is 1.86 bits per heavy atom. The number of carbonyl (C=O) groups is 2. The van der Waals surface area contributed by atoms with Crippen LogP contribution in [0.2, 0.25) is 0 Å². The molecule has 0 saturated carbocycles. The molecule has 2 heterocycles. The van der Waals surface area contributed by atoms with E-state index in [1.807, 2.05) is 0 Å². The number of alkyl halides is 2. The summed E-state index contributed by atoms with van der Waals surface area (Å²) >= 11 is 0. The van der Waals surface area contributed by atoms with Crippen molar-refractivity contribution < 1.29 is 23.1 Å². The second kappa shape index (κ2) is 8.25. The van der Waals surface area contributed by atoms with Gasteiger partial charge in [0.15, 0.2) is 0 Å². The van der Waals surface area contributed by atoms with Crippen LogP contribution in [0, 0.1) is 0 Å². The third-order valence-corrected chi connectivity index (χ3v) is 3.65. The third-order valence-electron chi connectivity index (χ3n) is 3.65. The SMILES string of the molecule is NC(=O)c1ccccc1Oc1ncccc1C(=O)Nc1nccn1CC(F)F. The molecule has 0 aliphatic carbocycles. The van der Waals surface area contributed by atoms with Gasteiger partial charge in [0.2, 0.25) is 11.8 Å². The molecule has 8 nitrogen and oxygen atoms in total. The number of nitrogens with two attached hydrogens (primary N) is 1. The van der Waals surface area contributed by atoms with Crippen LogP contribution < -0.4 is 15.8 Å². The summed E-state index contributed by atoms with van der Waals surface area (Å²) in [5.74, 6) is -1.37. The number of hydrogen-bond acceptors (Lipinski definition) is 5. The van der Waals surface area contributed by atoms with Crippen LogP contribution in [0.3, 0.4) is 0 Å². The molecule has 0 spiro atoms. The fourth-order valence-corrected chi connectivity index (χ4v) is 2.41. The quantitative estimate of drug-likeness (QED) is 0.647. The average molecular weight is 387 g/mol. The molecule has 2 amide bonds. The van der Waals surface area contributed by atoms with Crippen LogP contribution in [0.1, 0.15) is 20.7 Å². The maximum atomic E-state index is 12.6. The van der Waals surface area contributed by atoms with Gasteiger partial charge in [0.25, 0.3) is 18.2 Å². The van der Waals surface area contributed by atoms with Crippen molar-refractivity contribution in [2.24, 2.45) is 5.73 Å². The highest BCUT2D eigenvalue weighted by Crippen LogP contribution is 2.26. The fourth-order valence-electron chi connectivity index (χ4n) is 2.41. The number of amides is 2. The van der Waals surface area contributed by atoms with Crippen LogP contribution in [0.4, 0.5) is 14.7 Å². The van der Waals surface area contributed by atoms with Gasteiger partial charge in [-0.05, 0) is 24.3 Å². The Morgan fingerprint density at radius 1 is 1.11 bits per heavy atom. The maximum Gasteiger partial charge on any atom is 0.263 e. The number of nitrogens with zero attached hydrogens (tertiary/aromatic N) is 3. The lowest BCUT2D eigenvalue weighted by molar-refractivity contribution is 0.0997. The number of imidazole rings is 1. The molecule has 0 bridgehead atoms. The Bertz CT molecular complexity index is 1010. The minimum absolute atomic E-state index is 0.0216. The van der Waals surface area contributed by atoms with Gasteiger partial charge in [-0.2, -0.15) is 0 Å². The summed E-state index contributed by atoms with van der Waals surface area (Å²) in [7, 11) is 0. The van der Waals surface area contributed by atoms with E-state index in [0.29, 0.717) is 0 Å². The van der Waals surface area contributed by atoms with Crippen LogP contribution in [0.15, 0.2) is 55.0 Å². The van der Waals surface area contributed by atoms with Gasteiger partial charge in [-0.3, -0.25) is 14.9 Å². The van der Waals surface area contributed by atoms with Crippen LogP contribution >= 0.6 is 0 Å². The largest absolute Gasteiger partial charge is 0.437 e. The van der Waals surface area contributed by atoms with E-state index in [9.17, 15) is 18.4 Å². The number of nitrogens with one attached hydrogen (secondary N) is 1. The number of aromatic nitrogens is 3. The van der Waals surface area contributed by atoms with Crippen molar-refractivity contribution in [3.63, 3.8) is 0 Å². The predicted octanol–water partition coefficient (Wildman–Crippen LogP) is 2.69. The number of pyridine rings is 1. The number of hydrogen-bond donors (Lipinski definition) is 2. The number of ether oxygens (including phenoxy) is 1. The van der Waals surface area contributed by atoms with E-state index in [1.54, 1.807) is 12.1 Å². The van der Waals surface area contributed by atoms with Crippen LogP contribution in [-0.4, -0.2) is 32.8 Å². The second-order valence-corrected chi connectivity index (χ2v) is 5.57. The first-order valence-electron chi connectivity index (χ1n) is 8.08. The molecule has 10 heteroatoms. The van der Waals surface area contributed by atoms with E-state index in [0.717, 1.165) is 4.57 Å². The summed E-state index contributed by atoms with van der Waals surface area (Å²) in [5.41, 5.74) is 5.46. The standard InChI is InChI=1S/C18H15F2N5O3/c19-14(20)10-25-9-8-23-18(25)24-16(27)12-5-3-7-22-17(12)28-13-6-2-1-4-11(13)15(21)26/h1-9,14H,10H2,(H2,21,26)(H,23,24,27). The van der Waals surface area contributed by atoms with Crippen LogP contribution in [0.5, 0.6) is 11.6 Å². The van der Waals surface area contributed by atoms with Crippen LogP contribution in [-0.2, 0) is 6.54 Å². The first kappa shape index (κ1) is 19.0. The minimum Gasteiger partial charge on any atom is -0.437 e. The molecule has 0 unspecified atom stereocenters. The number of benzene rings is 1. The third kappa shape index (κ3) is 4.29. The minimum atomic E-state index is -2.60. The molecule has 28 heavy (non-hydrogen) atoms. The Kier molecular flexibility index (Phi) is 5.58. The summed E-state index contributed by atoms with van der Waals surface area (Å²) in [5, 5.41) is 2.44. The first-order chi connectivity index (χ1) is 13.5. The summed E-state index contributed by atoms with van der Waals surface area (Å²) in [4.78, 5) is 32.0. The van der Waals surface area contributed by atoms with E-state index in [4.69, 9.17) is 10.5 Å². The average Bonchev–Trinajstić information content (AvgIpc) is 3.08. The Hall–Kier alpha value is -3.82. The highest BCUT2D eigenvalue weighted by molar-refractivity contribution is 6.05. The maximum absolute atomic E-state index is 12.6. The van der Waals surface area contributed by atoms with Crippen molar-refractivity contribution in [2.75, 3.05) is 5.32 Å². The van der Waals surface area contributed by atoms with Crippen molar-refractivity contribution in [2.45, 2.75) is 13.0 Å². The summed E-state index contributed by atoms with van der Waals surface area (Å²) < 4.78 is 32.0. The molecular formula is C18H15F2N5O3. The Balaban J connectivity index is 1.86. The van der Waals surface area contributed by atoms with Gasteiger partial charge in [0.1, 0.15) is 11.3 Å². The van der Waals surface area contributed by atoms with E-state index < -0.39 is 24.8 Å². The zero-order chi connectivity index (χ0) is 20.1. The van der Waals surface area contributed by atoms with Gasteiger partial charge < -0.3 is 15.0 Å². The molecule has 0 atom stereocenters. The molecule has 0 saturated heterocycles.